The van der Waals surface area contributed by atoms with Crippen LogP contribution in [0.3, 0.4) is 0 Å². The SMILES string of the molecule is COc1ccccc1C(C)NC(=O)CN(c1ccc(Cl)cc1)S(=O)(=O)c1cc(C)ccc1OC. The van der Waals surface area contributed by atoms with Crippen LogP contribution in [0.25, 0.3) is 0 Å². The van der Waals surface area contributed by atoms with Crippen molar-refractivity contribution in [2.24, 2.45) is 0 Å². The van der Waals surface area contributed by atoms with Crippen molar-refractivity contribution in [2.75, 3.05) is 25.1 Å². The molecule has 3 rings (SSSR count). The lowest BCUT2D eigenvalue weighted by molar-refractivity contribution is -0.120. The first-order valence-electron chi connectivity index (χ1n) is 10.5. The molecule has 7 nitrogen and oxygen atoms in total. The molecule has 3 aromatic rings. The van der Waals surface area contributed by atoms with Crippen molar-refractivity contribution in [1.82, 2.24) is 5.32 Å². The Morgan fingerprint density at radius 1 is 1.00 bits per heavy atom. The summed E-state index contributed by atoms with van der Waals surface area (Å²) in [6, 6.07) is 18.0. The third kappa shape index (κ3) is 5.63. The first-order valence-corrected chi connectivity index (χ1v) is 12.3. The van der Waals surface area contributed by atoms with Crippen molar-refractivity contribution < 1.29 is 22.7 Å². The van der Waals surface area contributed by atoms with Crippen molar-refractivity contribution in [3.05, 3.63) is 82.9 Å². The smallest absolute Gasteiger partial charge is 0.268 e. The monoisotopic (exact) mass is 502 g/mol. The number of anilines is 1. The molecule has 9 heteroatoms. The molecule has 0 bridgehead atoms. The molecule has 34 heavy (non-hydrogen) atoms. The van der Waals surface area contributed by atoms with Crippen molar-refractivity contribution >= 4 is 33.2 Å². The van der Waals surface area contributed by atoms with Gasteiger partial charge < -0.3 is 14.8 Å². The number of rotatable bonds is 9. The molecule has 0 aromatic heterocycles. The molecule has 0 aliphatic rings. The van der Waals surface area contributed by atoms with Crippen LogP contribution in [0.4, 0.5) is 5.69 Å². The summed E-state index contributed by atoms with van der Waals surface area (Å²) in [5, 5.41) is 3.31. The number of amides is 1. The Labute approximate surface area is 205 Å². The van der Waals surface area contributed by atoms with Gasteiger partial charge in [0.2, 0.25) is 5.91 Å². The average molecular weight is 503 g/mol. The molecule has 1 amide bonds. The van der Waals surface area contributed by atoms with Gasteiger partial charge in [-0.05, 0) is 61.9 Å². The fourth-order valence-corrected chi connectivity index (χ4v) is 5.34. The van der Waals surface area contributed by atoms with Gasteiger partial charge in [0.1, 0.15) is 22.9 Å². The summed E-state index contributed by atoms with van der Waals surface area (Å²) in [6.07, 6.45) is 0. The maximum absolute atomic E-state index is 13.8. The number of ether oxygens (including phenoxy) is 2. The summed E-state index contributed by atoms with van der Waals surface area (Å²) < 4.78 is 39.2. The molecular weight excluding hydrogens is 476 g/mol. The van der Waals surface area contributed by atoms with E-state index in [1.807, 2.05) is 18.2 Å². The summed E-state index contributed by atoms with van der Waals surface area (Å²) in [7, 11) is -1.21. The number of sulfonamides is 1. The van der Waals surface area contributed by atoms with Gasteiger partial charge in [-0.25, -0.2) is 8.42 Å². The van der Waals surface area contributed by atoms with Crippen LogP contribution >= 0.6 is 11.6 Å². The van der Waals surface area contributed by atoms with E-state index in [-0.39, 0.29) is 10.6 Å². The van der Waals surface area contributed by atoms with E-state index >= 15 is 0 Å². The lowest BCUT2D eigenvalue weighted by Crippen LogP contribution is -2.41. The molecule has 1 atom stereocenters. The van der Waals surface area contributed by atoms with Gasteiger partial charge in [-0.3, -0.25) is 9.10 Å². The Morgan fingerprint density at radius 3 is 2.29 bits per heavy atom. The third-order valence-corrected chi connectivity index (χ3v) is 7.32. The van der Waals surface area contributed by atoms with E-state index in [9.17, 15) is 13.2 Å². The highest BCUT2D eigenvalue weighted by Crippen LogP contribution is 2.31. The van der Waals surface area contributed by atoms with E-state index < -0.39 is 28.5 Å². The molecule has 0 aliphatic carbocycles. The zero-order valence-electron chi connectivity index (χ0n) is 19.4. The lowest BCUT2D eigenvalue weighted by Gasteiger charge is -2.26. The molecule has 3 aromatic carbocycles. The van der Waals surface area contributed by atoms with Crippen LogP contribution in [0.2, 0.25) is 5.02 Å². The molecule has 1 unspecified atom stereocenters. The minimum absolute atomic E-state index is 0.0319. The van der Waals surface area contributed by atoms with Gasteiger partial charge in [-0.15, -0.1) is 0 Å². The number of carbonyl (C=O) groups excluding carboxylic acids is 1. The number of halogens is 1. The van der Waals surface area contributed by atoms with E-state index in [4.69, 9.17) is 21.1 Å². The second kappa shape index (κ2) is 10.8. The summed E-state index contributed by atoms with van der Waals surface area (Å²) in [5.74, 6) is 0.331. The summed E-state index contributed by atoms with van der Waals surface area (Å²) in [6.45, 7) is 3.15. The number of nitrogens with one attached hydrogen (secondary N) is 1. The Balaban J connectivity index is 1.97. The van der Waals surface area contributed by atoms with Crippen molar-refractivity contribution in [3.8, 4) is 11.5 Å². The van der Waals surface area contributed by atoms with Gasteiger partial charge in [0.05, 0.1) is 25.9 Å². The Hall–Kier alpha value is -3.23. The number of nitrogens with zero attached hydrogens (tertiary/aromatic N) is 1. The number of hydrogen-bond donors (Lipinski definition) is 1. The molecule has 0 fully saturated rings. The van der Waals surface area contributed by atoms with Crippen molar-refractivity contribution in [3.63, 3.8) is 0 Å². The van der Waals surface area contributed by atoms with E-state index in [2.05, 4.69) is 5.32 Å². The van der Waals surface area contributed by atoms with Gasteiger partial charge >= 0.3 is 0 Å². The molecule has 180 valence electrons. The third-order valence-electron chi connectivity index (χ3n) is 5.27. The summed E-state index contributed by atoms with van der Waals surface area (Å²) in [4.78, 5) is 13.0. The molecule has 0 spiro atoms. The lowest BCUT2D eigenvalue weighted by atomic mass is 10.1. The Morgan fingerprint density at radius 2 is 1.65 bits per heavy atom. The maximum atomic E-state index is 13.8. The van der Waals surface area contributed by atoms with Crippen LogP contribution in [0.1, 0.15) is 24.1 Å². The van der Waals surface area contributed by atoms with Gasteiger partial charge in [-0.2, -0.15) is 0 Å². The number of carbonyl (C=O) groups is 1. The van der Waals surface area contributed by atoms with Crippen molar-refractivity contribution in [2.45, 2.75) is 24.8 Å². The predicted molar refractivity (Wildman–Crippen MR) is 133 cm³/mol. The normalized spacial score (nSPS) is 12.0. The van der Waals surface area contributed by atoms with Crippen LogP contribution < -0.4 is 19.1 Å². The van der Waals surface area contributed by atoms with Crippen LogP contribution in [-0.4, -0.2) is 35.1 Å². The molecule has 0 aliphatic heterocycles. The number of methoxy groups -OCH3 is 2. The van der Waals surface area contributed by atoms with Crippen molar-refractivity contribution in [1.29, 1.82) is 0 Å². The van der Waals surface area contributed by atoms with E-state index in [1.54, 1.807) is 63.4 Å². The van der Waals surface area contributed by atoms with Crippen LogP contribution in [-0.2, 0) is 14.8 Å². The van der Waals surface area contributed by atoms with Gasteiger partial charge in [0.25, 0.3) is 10.0 Å². The summed E-state index contributed by atoms with van der Waals surface area (Å²) >= 11 is 6.01. The minimum atomic E-state index is -4.16. The quantitative estimate of drug-likeness (QED) is 0.457. The second-order valence-electron chi connectivity index (χ2n) is 7.67. The average Bonchev–Trinajstić information content (AvgIpc) is 2.83. The van der Waals surface area contributed by atoms with E-state index in [0.717, 1.165) is 15.4 Å². The largest absolute Gasteiger partial charge is 0.496 e. The fraction of sp³-hybridized carbons (Fsp3) is 0.240. The van der Waals surface area contributed by atoms with E-state index in [1.165, 1.54) is 13.2 Å². The highest BCUT2D eigenvalue weighted by molar-refractivity contribution is 7.93. The maximum Gasteiger partial charge on any atom is 0.268 e. The van der Waals surface area contributed by atoms with Gasteiger partial charge in [0.15, 0.2) is 0 Å². The molecule has 0 radical (unpaired) electrons. The highest BCUT2D eigenvalue weighted by Gasteiger charge is 2.30. The number of aryl methyl sites for hydroxylation is 1. The second-order valence-corrected chi connectivity index (χ2v) is 9.94. The van der Waals surface area contributed by atoms with Gasteiger partial charge in [0, 0.05) is 10.6 Å². The summed E-state index contributed by atoms with van der Waals surface area (Å²) in [5.41, 5.74) is 1.82. The van der Waals surface area contributed by atoms with Crippen LogP contribution in [0.15, 0.2) is 71.6 Å². The molecule has 0 heterocycles. The van der Waals surface area contributed by atoms with Gasteiger partial charge in [-0.1, -0.05) is 35.9 Å². The number of para-hydroxylation sites is 1. The standard InChI is InChI=1S/C25H27ClN2O5S/c1-17-9-14-23(33-4)24(15-17)34(30,31)28(20-12-10-19(26)11-13-20)16-25(29)27-18(2)21-7-5-6-8-22(21)32-3/h5-15,18H,16H2,1-4H3,(H,27,29). The molecule has 1 N–H and O–H groups in total. The fourth-order valence-electron chi connectivity index (χ4n) is 3.55. The molecular formula is C25H27ClN2O5S. The number of benzene rings is 3. The Kier molecular flexibility index (Phi) is 8.06. The molecule has 0 saturated carbocycles. The zero-order chi connectivity index (χ0) is 24.9. The Bertz CT molecular complexity index is 1260. The van der Waals surface area contributed by atoms with Crippen LogP contribution in [0.5, 0.6) is 11.5 Å². The molecule has 0 saturated heterocycles. The first-order chi connectivity index (χ1) is 16.2. The topological polar surface area (TPSA) is 84.9 Å². The van der Waals surface area contributed by atoms with E-state index in [0.29, 0.717) is 16.5 Å². The number of hydrogen-bond acceptors (Lipinski definition) is 5. The minimum Gasteiger partial charge on any atom is -0.496 e. The predicted octanol–water partition coefficient (Wildman–Crippen LogP) is 4.74. The first kappa shape index (κ1) is 25.4. The highest BCUT2D eigenvalue weighted by atomic mass is 35.5. The zero-order valence-corrected chi connectivity index (χ0v) is 21.0. The van der Waals surface area contributed by atoms with Crippen LogP contribution in [0, 0.1) is 6.92 Å².